The molecule has 4 saturated carbocycles. The molecule has 2 N–H and O–H groups in total. The van der Waals surface area contributed by atoms with Crippen LogP contribution in [-0.4, -0.2) is 6.04 Å². The first-order chi connectivity index (χ1) is 6.18. The number of halogens is 1. The smallest absolute Gasteiger partial charge is 0.00673 e. The first-order valence-electron chi connectivity index (χ1n) is 5.93. The number of hydrogen-bond donors (Lipinski definition) is 1. The van der Waals surface area contributed by atoms with Crippen molar-refractivity contribution in [2.24, 2.45) is 28.9 Å². The van der Waals surface area contributed by atoms with E-state index < -0.39 is 0 Å². The van der Waals surface area contributed by atoms with E-state index in [9.17, 15) is 0 Å². The van der Waals surface area contributed by atoms with E-state index in [1.54, 1.807) is 0 Å². The van der Waals surface area contributed by atoms with Crippen molar-refractivity contribution in [1.82, 2.24) is 0 Å². The van der Waals surface area contributed by atoms with E-state index in [2.05, 4.69) is 6.92 Å². The summed E-state index contributed by atoms with van der Waals surface area (Å²) in [6.45, 7) is 2.24. The maximum atomic E-state index is 6.19. The van der Waals surface area contributed by atoms with Gasteiger partial charge in [0, 0.05) is 6.04 Å². The van der Waals surface area contributed by atoms with Crippen LogP contribution in [0, 0.1) is 23.2 Å². The van der Waals surface area contributed by atoms with Crippen molar-refractivity contribution in [1.29, 1.82) is 0 Å². The van der Waals surface area contributed by atoms with Crippen molar-refractivity contribution in [2.45, 2.75) is 51.5 Å². The Morgan fingerprint density at radius 3 is 1.64 bits per heavy atom. The van der Waals surface area contributed by atoms with Gasteiger partial charge in [-0.2, -0.15) is 0 Å². The van der Waals surface area contributed by atoms with E-state index in [4.69, 9.17) is 5.73 Å². The molecular weight excluding hydrogens is 194 g/mol. The first kappa shape index (κ1) is 10.8. The maximum absolute atomic E-state index is 6.19. The Kier molecular flexibility index (Phi) is 2.60. The monoisotopic (exact) mass is 214 g/mol. The van der Waals surface area contributed by atoms with Gasteiger partial charge in [-0.3, -0.25) is 0 Å². The second-order valence-electron chi connectivity index (χ2n) is 6.07. The fourth-order valence-corrected chi connectivity index (χ4v) is 4.74. The number of rotatable bonds is 1. The normalized spacial score (nSPS) is 51.4. The van der Waals surface area contributed by atoms with Crippen LogP contribution in [0.2, 0.25) is 0 Å². The fourth-order valence-electron chi connectivity index (χ4n) is 4.74. The molecule has 4 fully saturated rings. The van der Waals surface area contributed by atoms with Crippen LogP contribution in [0.3, 0.4) is 0 Å². The van der Waals surface area contributed by atoms with Crippen molar-refractivity contribution < 1.29 is 12.4 Å². The summed E-state index contributed by atoms with van der Waals surface area (Å²) in [6.07, 6.45) is 8.97. The summed E-state index contributed by atoms with van der Waals surface area (Å²) >= 11 is 0. The lowest BCUT2D eigenvalue weighted by Gasteiger charge is -2.58. The standard InChI is InChI=1S/C12H21N.ClH/c1-8(13)12-5-9-2-10(6-12)4-11(3-9)7-12;/h8-11H,2-7,13H2,1H3;1H/p-1. The molecule has 0 amide bonds. The average Bonchev–Trinajstić information content (AvgIpc) is 2.00. The zero-order chi connectivity index (χ0) is 9.05. The highest BCUT2D eigenvalue weighted by Crippen LogP contribution is 2.60. The molecule has 4 bridgehead atoms. The van der Waals surface area contributed by atoms with Crippen LogP contribution in [0.4, 0.5) is 0 Å². The third-order valence-electron chi connectivity index (χ3n) is 5.05. The molecule has 1 nitrogen and oxygen atoms in total. The zero-order valence-corrected chi connectivity index (χ0v) is 9.76. The Bertz CT molecular complexity index is 189. The largest absolute Gasteiger partial charge is 1.00 e. The summed E-state index contributed by atoms with van der Waals surface area (Å²) in [4.78, 5) is 0. The predicted molar refractivity (Wildman–Crippen MR) is 54.3 cm³/mol. The van der Waals surface area contributed by atoms with Gasteiger partial charge in [0.05, 0.1) is 0 Å². The van der Waals surface area contributed by atoms with Gasteiger partial charge in [0.15, 0.2) is 0 Å². The van der Waals surface area contributed by atoms with E-state index >= 15 is 0 Å². The minimum absolute atomic E-state index is 0. The van der Waals surface area contributed by atoms with E-state index in [0.29, 0.717) is 11.5 Å². The van der Waals surface area contributed by atoms with Gasteiger partial charge in [-0.25, -0.2) is 0 Å². The SMILES string of the molecule is CC(N)C12CC3CC(CC(C3)C1)C2.[Cl-]. The van der Waals surface area contributed by atoms with Crippen LogP contribution in [-0.2, 0) is 0 Å². The van der Waals surface area contributed by atoms with Crippen molar-refractivity contribution in [3.05, 3.63) is 0 Å². The Morgan fingerprint density at radius 1 is 1.00 bits per heavy atom. The van der Waals surface area contributed by atoms with E-state index in [0.717, 1.165) is 17.8 Å². The van der Waals surface area contributed by atoms with Crippen LogP contribution in [0.5, 0.6) is 0 Å². The van der Waals surface area contributed by atoms with E-state index in [1.165, 1.54) is 38.5 Å². The fraction of sp³-hybridized carbons (Fsp3) is 1.00. The van der Waals surface area contributed by atoms with Crippen molar-refractivity contribution >= 4 is 0 Å². The topological polar surface area (TPSA) is 26.0 Å². The first-order valence-corrected chi connectivity index (χ1v) is 5.93. The molecule has 0 aromatic carbocycles. The minimum Gasteiger partial charge on any atom is -1.00 e. The van der Waals surface area contributed by atoms with Crippen LogP contribution >= 0.6 is 0 Å². The molecular formula is C12H21ClN-. The minimum atomic E-state index is 0. The highest BCUT2D eigenvalue weighted by Gasteiger charge is 2.52. The lowest BCUT2D eigenvalue weighted by molar-refractivity contribution is -0.0637. The molecule has 0 radical (unpaired) electrons. The molecule has 0 aromatic heterocycles. The van der Waals surface area contributed by atoms with Crippen LogP contribution in [0.1, 0.15) is 45.4 Å². The van der Waals surface area contributed by atoms with Crippen molar-refractivity contribution in [2.75, 3.05) is 0 Å². The molecule has 4 rings (SSSR count). The Labute approximate surface area is 93.2 Å². The molecule has 0 heterocycles. The highest BCUT2D eigenvalue weighted by molar-refractivity contribution is 5.04. The van der Waals surface area contributed by atoms with Gasteiger partial charge < -0.3 is 18.1 Å². The average molecular weight is 215 g/mol. The zero-order valence-electron chi connectivity index (χ0n) is 9.01. The van der Waals surface area contributed by atoms with E-state index in [1.807, 2.05) is 0 Å². The summed E-state index contributed by atoms with van der Waals surface area (Å²) in [5.41, 5.74) is 6.77. The lowest BCUT2D eigenvalue weighted by Crippen LogP contribution is -3.00. The van der Waals surface area contributed by atoms with Gasteiger partial charge in [-0.05, 0) is 68.6 Å². The van der Waals surface area contributed by atoms with Crippen LogP contribution in [0.15, 0.2) is 0 Å². The van der Waals surface area contributed by atoms with Crippen molar-refractivity contribution in [3.63, 3.8) is 0 Å². The summed E-state index contributed by atoms with van der Waals surface area (Å²) in [5.74, 6) is 3.16. The van der Waals surface area contributed by atoms with Crippen molar-refractivity contribution in [3.8, 4) is 0 Å². The summed E-state index contributed by atoms with van der Waals surface area (Å²) in [7, 11) is 0. The Hall–Kier alpha value is 0.250. The quantitative estimate of drug-likeness (QED) is 0.629. The van der Waals surface area contributed by atoms with Gasteiger partial charge in [0.1, 0.15) is 0 Å². The number of hydrogen-bond acceptors (Lipinski definition) is 1. The van der Waals surface area contributed by atoms with Gasteiger partial charge in [-0.15, -0.1) is 0 Å². The maximum Gasteiger partial charge on any atom is 0.00673 e. The van der Waals surface area contributed by atoms with Gasteiger partial charge in [0.25, 0.3) is 0 Å². The molecule has 82 valence electrons. The van der Waals surface area contributed by atoms with Crippen LogP contribution < -0.4 is 18.1 Å². The molecule has 1 unspecified atom stereocenters. The molecule has 4 aliphatic carbocycles. The highest BCUT2D eigenvalue weighted by atomic mass is 35.5. The van der Waals surface area contributed by atoms with Gasteiger partial charge in [-0.1, -0.05) is 0 Å². The lowest BCUT2D eigenvalue weighted by atomic mass is 9.48. The van der Waals surface area contributed by atoms with Gasteiger partial charge >= 0.3 is 0 Å². The Balaban J connectivity index is 0.000000750. The molecule has 0 saturated heterocycles. The second kappa shape index (κ2) is 3.38. The molecule has 1 atom stereocenters. The molecule has 2 heteroatoms. The third kappa shape index (κ3) is 1.40. The molecule has 0 spiro atoms. The molecule has 14 heavy (non-hydrogen) atoms. The molecule has 0 aromatic rings. The second-order valence-corrected chi connectivity index (χ2v) is 6.07. The summed E-state index contributed by atoms with van der Waals surface area (Å²) in [5, 5.41) is 0. The molecule has 0 aliphatic heterocycles. The molecule has 4 aliphatic rings. The predicted octanol–water partition coefficient (Wildman–Crippen LogP) is -0.446. The van der Waals surface area contributed by atoms with E-state index in [-0.39, 0.29) is 12.4 Å². The Morgan fingerprint density at radius 2 is 1.36 bits per heavy atom. The summed E-state index contributed by atoms with van der Waals surface area (Å²) < 4.78 is 0. The van der Waals surface area contributed by atoms with Gasteiger partial charge in [0.2, 0.25) is 0 Å². The summed E-state index contributed by atoms with van der Waals surface area (Å²) in [6, 6.07) is 0.445. The number of nitrogens with two attached hydrogens (primary N) is 1. The van der Waals surface area contributed by atoms with Crippen LogP contribution in [0.25, 0.3) is 0 Å². The third-order valence-corrected chi connectivity index (χ3v) is 5.05.